The molecule has 20 rings (SSSR count). The van der Waals surface area contributed by atoms with Crippen LogP contribution in [0.3, 0.4) is 0 Å². The predicted octanol–water partition coefficient (Wildman–Crippen LogP) is 29.2. The summed E-state index contributed by atoms with van der Waals surface area (Å²) in [5.74, 6) is 5.92. The number of aromatic amines is 4. The highest BCUT2D eigenvalue weighted by Gasteiger charge is 2.41. The van der Waals surface area contributed by atoms with E-state index in [0.29, 0.717) is 138 Å². The van der Waals surface area contributed by atoms with Crippen molar-refractivity contribution in [1.29, 1.82) is 0 Å². The molecule has 0 saturated carbocycles. The summed E-state index contributed by atoms with van der Waals surface area (Å²) in [6.45, 7) is 4.15. The molecule has 20 nitrogen and oxygen atoms in total. The predicted molar refractivity (Wildman–Crippen MR) is 551 cm³/mol. The van der Waals surface area contributed by atoms with Gasteiger partial charge in [-0.15, -0.1) is 46.4 Å². The van der Waals surface area contributed by atoms with E-state index in [9.17, 15) is 28.0 Å². The van der Waals surface area contributed by atoms with Crippen molar-refractivity contribution in [2.75, 3.05) is 76.1 Å². The van der Waals surface area contributed by atoms with Crippen LogP contribution in [0, 0.1) is 11.6 Å². The Hall–Kier alpha value is -12.5. The summed E-state index contributed by atoms with van der Waals surface area (Å²) >= 11 is 54.4. The van der Waals surface area contributed by atoms with Gasteiger partial charge in [0.05, 0.1) is 31.5 Å². The summed E-state index contributed by atoms with van der Waals surface area (Å²) in [5, 5.41) is 7.32. The van der Waals surface area contributed by atoms with Crippen molar-refractivity contribution in [1.82, 2.24) is 39.5 Å². The van der Waals surface area contributed by atoms with Crippen LogP contribution in [0.25, 0.3) is 43.6 Å². The minimum absolute atomic E-state index is 0.285. The van der Waals surface area contributed by atoms with Gasteiger partial charge >= 0.3 is 24.4 Å². The van der Waals surface area contributed by atoms with Crippen LogP contribution in [-0.4, -0.2) is 140 Å². The maximum Gasteiger partial charge on any atom is 0.416 e. The number of hydrogen-bond acceptors (Lipinski definition) is 12. The molecule has 4 atom stereocenters. The molecule has 31 heteroatoms. The molecule has 0 spiro atoms. The van der Waals surface area contributed by atoms with Crippen LogP contribution in [0.1, 0.15) is 124 Å². The number of fused-ring (bicyclic) bond motifs is 12. The van der Waals surface area contributed by atoms with Gasteiger partial charge in [0.15, 0.2) is 5.75 Å². The fourth-order valence-corrected chi connectivity index (χ4v) is 19.4. The van der Waals surface area contributed by atoms with E-state index >= 15 is 0 Å². The lowest BCUT2D eigenvalue weighted by Gasteiger charge is -2.35. The molecule has 140 heavy (non-hydrogen) atoms. The molecule has 720 valence electrons. The van der Waals surface area contributed by atoms with Crippen LogP contribution in [0.4, 0.5) is 28.0 Å². The maximum atomic E-state index is 13.4. The van der Waals surface area contributed by atoms with E-state index < -0.39 is 42.0 Å². The van der Waals surface area contributed by atoms with Crippen molar-refractivity contribution in [3.05, 3.63) is 377 Å². The molecule has 0 bridgehead atoms. The Morgan fingerprint density at radius 1 is 0.286 bits per heavy atom. The Kier molecular flexibility index (Phi) is 33.1. The van der Waals surface area contributed by atoms with Crippen molar-refractivity contribution in [2.45, 2.75) is 82.0 Å². The number of amides is 4. The Bertz CT molecular complexity index is 7000. The molecule has 4 aliphatic heterocycles. The second-order valence-corrected chi connectivity index (χ2v) is 37.2. The first kappa shape index (κ1) is 99.1. The smallest absolute Gasteiger partial charge is 0.416 e. The van der Waals surface area contributed by atoms with Crippen LogP contribution in [0.5, 0.6) is 46.0 Å². The van der Waals surface area contributed by atoms with E-state index in [1.54, 1.807) is 56.0 Å². The molecule has 4 aliphatic rings. The zero-order chi connectivity index (χ0) is 97.3. The van der Waals surface area contributed by atoms with Crippen molar-refractivity contribution in [3.8, 4) is 46.0 Å². The van der Waals surface area contributed by atoms with Crippen molar-refractivity contribution in [2.24, 2.45) is 0 Å². The molecular weight excluding hydrogens is 1970 g/mol. The zero-order valence-corrected chi connectivity index (χ0v) is 82.3. The number of H-pyrrole nitrogens is 4. The van der Waals surface area contributed by atoms with E-state index in [0.717, 1.165) is 160 Å². The number of unbranched alkanes of at least 4 members (excludes halogenated alkanes) is 1. The monoisotopic (exact) mass is 2060 g/mol. The Morgan fingerprint density at radius 2 is 0.543 bits per heavy atom. The second kappa shape index (κ2) is 46.8. The topological polar surface area (TPSA) is 218 Å². The van der Waals surface area contributed by atoms with Crippen LogP contribution in [-0.2, 0) is 25.7 Å². The zero-order valence-electron chi connectivity index (χ0n) is 75.5. The quantitative estimate of drug-likeness (QED) is 0.0310. The third kappa shape index (κ3) is 23.6. The Labute approximate surface area is 852 Å². The number of hydrogen-bond donors (Lipinski definition) is 4. The molecule has 0 fully saturated rings. The van der Waals surface area contributed by atoms with Crippen molar-refractivity contribution in [3.63, 3.8) is 0 Å². The summed E-state index contributed by atoms with van der Waals surface area (Å²) in [6, 6.07) is 79.6. The minimum atomic E-state index is -0.508. The van der Waals surface area contributed by atoms with E-state index in [-0.39, 0.29) is 29.7 Å². The van der Waals surface area contributed by atoms with E-state index in [1.165, 1.54) is 54.1 Å². The number of nitrogens with zero attached hydrogens (tertiary/aromatic N) is 4. The van der Waals surface area contributed by atoms with Crippen molar-refractivity contribution >= 4 is 172 Å². The molecule has 4 aromatic heterocycles. The number of ether oxygens (including phenoxy) is 8. The molecule has 4 N–H and O–H groups in total. The number of nitrogens with one attached hydrogen (secondary N) is 4. The van der Waals surface area contributed by atoms with Gasteiger partial charge in [-0.3, -0.25) is 19.6 Å². The molecule has 4 unspecified atom stereocenters. The number of alkyl halides is 4. The summed E-state index contributed by atoms with van der Waals surface area (Å²) in [4.78, 5) is 74.3. The lowest BCUT2D eigenvalue weighted by Crippen LogP contribution is -2.42. The Balaban J connectivity index is 0.000000129. The molecular formula is C109H95Cl9F2N8O12. The van der Waals surface area contributed by atoms with E-state index in [4.69, 9.17) is 142 Å². The van der Waals surface area contributed by atoms with Crippen LogP contribution in [0.2, 0.25) is 25.1 Å². The maximum absolute atomic E-state index is 13.4. The van der Waals surface area contributed by atoms with E-state index in [2.05, 4.69) is 19.9 Å². The van der Waals surface area contributed by atoms with E-state index in [1.807, 2.05) is 188 Å². The first-order chi connectivity index (χ1) is 68.2. The molecule has 4 amide bonds. The summed E-state index contributed by atoms with van der Waals surface area (Å²) < 4.78 is 72.4. The lowest BCUT2D eigenvalue weighted by atomic mass is 9.92. The molecule has 0 aliphatic carbocycles. The number of para-hydroxylation sites is 2. The highest BCUT2D eigenvalue weighted by molar-refractivity contribution is 6.33. The highest BCUT2D eigenvalue weighted by Crippen LogP contribution is 2.47. The van der Waals surface area contributed by atoms with Gasteiger partial charge in [-0.2, -0.15) is 0 Å². The number of benzene rings is 12. The molecule has 8 heterocycles. The third-order valence-electron chi connectivity index (χ3n) is 24.5. The average Bonchev–Trinajstić information content (AvgIpc) is 1.61. The first-order valence-corrected chi connectivity index (χ1v) is 49.9. The second-order valence-electron chi connectivity index (χ2n) is 33.5. The fourth-order valence-electron chi connectivity index (χ4n) is 18.0. The van der Waals surface area contributed by atoms with Gasteiger partial charge in [0, 0.05) is 136 Å². The largest absolute Gasteiger partial charge is 0.494 e. The molecule has 12 aromatic carbocycles. The average molecular weight is 2070 g/mol. The Morgan fingerprint density at radius 3 is 0.829 bits per heavy atom. The van der Waals surface area contributed by atoms with Gasteiger partial charge in [0.1, 0.15) is 76.0 Å². The SMILES string of the molecule is O=C(Oc1ccc(F)cc1)N1CCc2c([nH]c3ccc(Cl)cc23)C1c1ccc(OCCCCCl)cc1.O=C(Oc1ccc(F)cc1)N1CCc2c([nH]c3ccc(Cl)cc23)C1c1ccc(OCCCCl)cc1.O=C(Oc1ccccc1)N1CCc2c([nH]c3ccc(Cl)cc23)C1c1ccc(OCCCCl)cc1.O=C(Oc1ccccc1Cl)N1CCc2c([nH]c3ccc(Cl)cc23)C1c1ccc(OCCCCl)cc1. The molecule has 0 saturated heterocycles. The first-order valence-electron chi connectivity index (χ1n) is 45.8. The van der Waals surface area contributed by atoms with Gasteiger partial charge in [-0.1, -0.05) is 137 Å². The number of carbonyl (C=O) groups excluding carboxylic acids is 4. The number of aromatic nitrogens is 4. The van der Waals surface area contributed by atoms with Crippen LogP contribution >= 0.6 is 104 Å². The number of halogens is 11. The number of rotatable bonds is 25. The molecule has 0 radical (unpaired) electrons. The van der Waals surface area contributed by atoms with Crippen LogP contribution in [0.15, 0.2) is 273 Å². The van der Waals surface area contributed by atoms with Gasteiger partial charge < -0.3 is 57.8 Å². The summed E-state index contributed by atoms with van der Waals surface area (Å²) in [7, 11) is 0. The highest BCUT2D eigenvalue weighted by atomic mass is 35.5. The normalized spacial score (nSPS) is 15.2. The summed E-state index contributed by atoms with van der Waals surface area (Å²) in [6.07, 6.45) is 4.90. The molecule has 16 aromatic rings. The van der Waals surface area contributed by atoms with Crippen molar-refractivity contribution < 1.29 is 65.9 Å². The standard InChI is InChI=1S/C28H25Cl2FN2O3.C27H23Cl3N2O3.C27H23Cl2FN2O3.C27H24Cl2N2O3/c29-14-1-2-16-35-21-8-3-18(4-9-21)27-26-23(24-17-19(30)5-12-25(24)32-26)13-15-33(27)28(34)36-22-10-6-20(31)7-11-22;28-13-3-15-34-19-9-6-17(7-10-19)26-25-20(21-16-18(29)8-11-23(21)31-25)12-14-32(26)27(33)35-24-5-2-1-4-22(24)30;28-13-1-15-34-20-7-2-17(3-8-20)26-25-22(23-16-18(29)4-11-24(23)31-25)12-14-32(26)27(33)35-21-9-5-19(30)6-10-21;28-14-4-16-33-20-10-7-18(8-11-20)26-25-22(23-17-19(29)9-12-24(23)30-25)13-15-31(26)27(32)34-21-5-2-1-3-6-21/h3-12,17,27,32H,1-2,13-16H2;1-2,4-11,16,26,31H,3,12-15H2;2-11,16,26,31H,1,12-15H2;1-3,5-12,17,26,30H,4,13-16H2. The fraction of sp³-hybridized carbons (Fsp3) is 0.229. The number of carbonyl (C=O) groups is 4. The van der Waals surface area contributed by atoms with Gasteiger partial charge in [-0.25, -0.2) is 28.0 Å². The minimum Gasteiger partial charge on any atom is -0.494 e. The summed E-state index contributed by atoms with van der Waals surface area (Å²) in [5.41, 5.74) is 16.0. The van der Waals surface area contributed by atoms with Gasteiger partial charge in [0.2, 0.25) is 0 Å². The van der Waals surface area contributed by atoms with Gasteiger partial charge in [-0.05, 0) is 296 Å². The lowest BCUT2D eigenvalue weighted by molar-refractivity contribution is 0.134. The van der Waals surface area contributed by atoms with Crippen LogP contribution < -0.4 is 37.9 Å². The van der Waals surface area contributed by atoms with Gasteiger partial charge in [0.25, 0.3) is 0 Å². The third-order valence-corrected chi connectivity index (χ3v) is 26.9.